The fourth-order valence-corrected chi connectivity index (χ4v) is 6.35. The van der Waals surface area contributed by atoms with Gasteiger partial charge < -0.3 is 4.90 Å². The standard InChI is InChI=1S/C22H25F3N4O2S/c1-32(2,31)29-11-17-19(12-29)26-27-20(17)21(30)28-9-14-7-13(8-15(14)10-28)16-5-3-4-6-18(16)22(23,24)25/h3-6,13-15H,1,7-12H2,2H3,(H,26,27)/t13?,14-,15+,32?. The predicted molar refractivity (Wildman–Crippen MR) is 115 cm³/mol. The van der Waals surface area contributed by atoms with E-state index in [4.69, 9.17) is 0 Å². The van der Waals surface area contributed by atoms with Crippen LogP contribution in [-0.4, -0.2) is 54.7 Å². The number of alkyl halides is 3. The Balaban J connectivity index is 1.29. The number of nitrogens with zero attached hydrogens (tertiary/aromatic N) is 3. The lowest BCUT2D eigenvalue weighted by Gasteiger charge is -2.21. The number of halogens is 3. The summed E-state index contributed by atoms with van der Waals surface area (Å²) in [4.78, 5) is 15.0. The van der Waals surface area contributed by atoms with Gasteiger partial charge in [0.25, 0.3) is 5.91 Å². The summed E-state index contributed by atoms with van der Waals surface area (Å²) >= 11 is 0. The minimum atomic E-state index is -4.36. The Morgan fingerprint density at radius 1 is 1.19 bits per heavy atom. The molecule has 3 aliphatic rings. The van der Waals surface area contributed by atoms with E-state index >= 15 is 0 Å². The maximum atomic E-state index is 13.4. The van der Waals surface area contributed by atoms with E-state index in [1.54, 1.807) is 27.6 Å². The molecule has 172 valence electrons. The van der Waals surface area contributed by atoms with Gasteiger partial charge in [0.2, 0.25) is 0 Å². The van der Waals surface area contributed by atoms with Gasteiger partial charge in [0.1, 0.15) is 0 Å². The van der Waals surface area contributed by atoms with Crippen LogP contribution in [0.5, 0.6) is 0 Å². The van der Waals surface area contributed by atoms with E-state index < -0.39 is 21.4 Å². The van der Waals surface area contributed by atoms with Gasteiger partial charge in [0.05, 0.1) is 17.8 Å². The van der Waals surface area contributed by atoms with E-state index in [1.807, 2.05) is 0 Å². The molecule has 0 radical (unpaired) electrons. The summed E-state index contributed by atoms with van der Waals surface area (Å²) in [6.07, 6.45) is -1.50. The minimum Gasteiger partial charge on any atom is -0.337 e. The number of fused-ring (bicyclic) bond motifs is 2. The number of amides is 1. The number of aromatic nitrogens is 2. The van der Waals surface area contributed by atoms with Crippen molar-refractivity contribution in [3.8, 4) is 0 Å². The molecule has 1 saturated heterocycles. The number of benzene rings is 1. The fourth-order valence-electron chi connectivity index (χ4n) is 5.54. The second-order valence-electron chi connectivity index (χ2n) is 9.27. The van der Waals surface area contributed by atoms with Crippen molar-refractivity contribution in [3.05, 3.63) is 52.3 Å². The van der Waals surface area contributed by atoms with Crippen molar-refractivity contribution in [3.63, 3.8) is 0 Å². The molecule has 0 bridgehead atoms. The van der Waals surface area contributed by atoms with Gasteiger partial charge in [0.15, 0.2) is 5.69 Å². The van der Waals surface area contributed by atoms with Crippen molar-refractivity contribution >= 4 is 21.5 Å². The second kappa shape index (κ2) is 7.34. The molecule has 0 spiro atoms. The van der Waals surface area contributed by atoms with Gasteiger partial charge >= 0.3 is 6.18 Å². The molecule has 4 atom stereocenters. The Hall–Kier alpha value is -2.33. The first kappa shape index (κ1) is 21.5. The normalized spacial score (nSPS) is 27.4. The number of rotatable bonds is 3. The third kappa shape index (κ3) is 3.63. The van der Waals surface area contributed by atoms with Gasteiger partial charge in [-0.15, -0.1) is 0 Å². The highest BCUT2D eigenvalue weighted by Crippen LogP contribution is 2.49. The topological polar surface area (TPSA) is 69.3 Å². The average Bonchev–Trinajstić information content (AvgIpc) is 3.44. The van der Waals surface area contributed by atoms with Crippen LogP contribution in [0.4, 0.5) is 13.2 Å². The molecule has 1 saturated carbocycles. The average molecular weight is 467 g/mol. The summed E-state index contributed by atoms with van der Waals surface area (Å²) in [5, 5.41) is 7.11. The first-order valence-corrected chi connectivity index (χ1v) is 12.7. The van der Waals surface area contributed by atoms with Crippen LogP contribution < -0.4 is 0 Å². The molecule has 1 aliphatic carbocycles. The summed E-state index contributed by atoms with van der Waals surface area (Å²) in [5.74, 6) is 3.77. The highest BCUT2D eigenvalue weighted by atomic mass is 32.2. The largest absolute Gasteiger partial charge is 0.416 e. The maximum Gasteiger partial charge on any atom is 0.416 e. The van der Waals surface area contributed by atoms with Gasteiger partial charge in [-0.05, 0) is 48.1 Å². The third-order valence-electron chi connectivity index (χ3n) is 7.11. The number of aromatic amines is 1. The lowest BCUT2D eigenvalue weighted by molar-refractivity contribution is -0.138. The zero-order valence-electron chi connectivity index (χ0n) is 17.7. The Morgan fingerprint density at radius 2 is 1.84 bits per heavy atom. The quantitative estimate of drug-likeness (QED) is 0.706. The van der Waals surface area contributed by atoms with E-state index in [9.17, 15) is 22.2 Å². The zero-order chi connectivity index (χ0) is 22.8. The van der Waals surface area contributed by atoms with E-state index in [0.29, 0.717) is 50.3 Å². The number of carbonyl (C=O) groups is 1. The number of hydrogen-bond donors (Lipinski definition) is 1. The van der Waals surface area contributed by atoms with Crippen LogP contribution in [0.15, 0.2) is 24.3 Å². The van der Waals surface area contributed by atoms with Crippen LogP contribution in [0.2, 0.25) is 0 Å². The first-order valence-electron chi connectivity index (χ1n) is 10.6. The molecule has 1 aromatic carbocycles. The number of likely N-dealkylation sites (tertiary alicyclic amines) is 1. The molecule has 2 unspecified atom stereocenters. The molecule has 2 aromatic rings. The highest BCUT2D eigenvalue weighted by molar-refractivity contribution is 7.97. The highest BCUT2D eigenvalue weighted by Gasteiger charge is 2.46. The van der Waals surface area contributed by atoms with Crippen LogP contribution in [0.3, 0.4) is 0 Å². The molecule has 10 heteroatoms. The van der Waals surface area contributed by atoms with Gasteiger partial charge in [0, 0.05) is 41.2 Å². The van der Waals surface area contributed by atoms with Gasteiger partial charge in [-0.2, -0.15) is 18.3 Å². The molecule has 2 aliphatic heterocycles. The van der Waals surface area contributed by atoms with Crippen LogP contribution in [-0.2, 0) is 29.0 Å². The molecule has 2 fully saturated rings. The smallest absolute Gasteiger partial charge is 0.337 e. The number of nitrogens with one attached hydrogen (secondary N) is 1. The summed E-state index contributed by atoms with van der Waals surface area (Å²) < 4.78 is 54.3. The fraction of sp³-hybridized carbons (Fsp3) is 0.500. The van der Waals surface area contributed by atoms with Crippen molar-refractivity contribution in [1.29, 1.82) is 0 Å². The van der Waals surface area contributed by atoms with Gasteiger partial charge in [-0.3, -0.25) is 14.1 Å². The summed E-state index contributed by atoms with van der Waals surface area (Å²) in [6.45, 7) is 1.83. The molecule has 1 N–H and O–H groups in total. The Labute approximate surface area is 184 Å². The van der Waals surface area contributed by atoms with Crippen LogP contribution in [0.1, 0.15) is 51.6 Å². The number of H-pyrrole nitrogens is 1. The van der Waals surface area contributed by atoms with Crippen molar-refractivity contribution < 1.29 is 22.2 Å². The van der Waals surface area contributed by atoms with Crippen molar-refractivity contribution in [2.75, 3.05) is 19.3 Å². The lowest BCUT2D eigenvalue weighted by atomic mass is 9.91. The number of hydrogen-bond acceptors (Lipinski definition) is 3. The molecular weight excluding hydrogens is 441 g/mol. The SMILES string of the molecule is C=S(C)(=O)N1Cc2[nH]nc(C(=O)N3C[C@H]4CC(c5ccccc5C(F)(F)F)C[C@H]4C3)c2C1. The summed E-state index contributed by atoms with van der Waals surface area (Å²) in [6, 6.07) is 5.83. The Bertz CT molecular complexity index is 1160. The maximum absolute atomic E-state index is 13.4. The van der Waals surface area contributed by atoms with Gasteiger partial charge in [-0.25, -0.2) is 4.31 Å². The van der Waals surface area contributed by atoms with E-state index in [0.717, 1.165) is 17.3 Å². The number of carbonyl (C=O) groups excluding carboxylic acids is 1. The Kier molecular flexibility index (Phi) is 4.94. The Morgan fingerprint density at radius 3 is 2.47 bits per heavy atom. The third-order valence-corrected chi connectivity index (χ3v) is 8.47. The van der Waals surface area contributed by atoms with E-state index in [-0.39, 0.29) is 23.7 Å². The van der Waals surface area contributed by atoms with E-state index in [1.165, 1.54) is 6.07 Å². The van der Waals surface area contributed by atoms with Crippen molar-refractivity contribution in [1.82, 2.24) is 19.4 Å². The van der Waals surface area contributed by atoms with Crippen LogP contribution in [0, 0.1) is 11.8 Å². The molecule has 1 amide bonds. The van der Waals surface area contributed by atoms with E-state index in [2.05, 4.69) is 16.1 Å². The second-order valence-corrected chi connectivity index (χ2v) is 11.7. The monoisotopic (exact) mass is 466 g/mol. The van der Waals surface area contributed by atoms with Crippen molar-refractivity contribution in [2.24, 2.45) is 11.8 Å². The lowest BCUT2D eigenvalue weighted by Crippen LogP contribution is -2.31. The van der Waals surface area contributed by atoms with Crippen LogP contribution in [0.25, 0.3) is 0 Å². The van der Waals surface area contributed by atoms with Gasteiger partial charge in [-0.1, -0.05) is 18.2 Å². The molecular formula is C22H25F3N4O2S. The summed E-state index contributed by atoms with van der Waals surface area (Å²) in [7, 11) is -2.38. The molecule has 3 heterocycles. The molecule has 32 heavy (non-hydrogen) atoms. The van der Waals surface area contributed by atoms with Crippen molar-refractivity contribution in [2.45, 2.75) is 38.0 Å². The predicted octanol–water partition coefficient (Wildman–Crippen LogP) is 3.27. The molecule has 6 nitrogen and oxygen atoms in total. The van der Waals surface area contributed by atoms with Crippen LogP contribution >= 0.6 is 0 Å². The first-order chi connectivity index (χ1) is 15.0. The summed E-state index contributed by atoms with van der Waals surface area (Å²) in [5.41, 5.74) is 1.73. The molecule has 1 aromatic heterocycles. The zero-order valence-corrected chi connectivity index (χ0v) is 18.5. The minimum absolute atomic E-state index is 0.141. The molecule has 5 rings (SSSR count).